The lowest BCUT2D eigenvalue weighted by Crippen LogP contribution is -2.11. The Morgan fingerprint density at radius 1 is 1.10 bits per heavy atom. The molecule has 2 heterocycles. The highest BCUT2D eigenvalue weighted by Crippen LogP contribution is 2.18. The van der Waals surface area contributed by atoms with E-state index in [0.717, 1.165) is 5.75 Å². The number of anilines is 1. The zero-order chi connectivity index (χ0) is 14.7. The zero-order valence-electron chi connectivity index (χ0n) is 11.4. The van der Waals surface area contributed by atoms with Crippen molar-refractivity contribution in [2.24, 2.45) is 5.84 Å². The monoisotopic (exact) mass is 286 g/mol. The quantitative estimate of drug-likeness (QED) is 0.533. The van der Waals surface area contributed by atoms with Crippen LogP contribution in [0.3, 0.4) is 0 Å². The van der Waals surface area contributed by atoms with Crippen molar-refractivity contribution in [1.82, 2.24) is 19.8 Å². The van der Waals surface area contributed by atoms with Crippen molar-refractivity contribution in [1.29, 1.82) is 0 Å². The molecule has 0 saturated heterocycles. The Hall–Kier alpha value is -2.87. The minimum absolute atomic E-state index is 0.245. The van der Waals surface area contributed by atoms with E-state index in [1.165, 1.54) is 0 Å². The third kappa shape index (κ3) is 2.70. The molecule has 0 bridgehead atoms. The number of aromatic nitrogens is 4. The first-order valence-corrected chi connectivity index (χ1v) is 6.25. The lowest BCUT2D eigenvalue weighted by Gasteiger charge is -2.06. The number of ether oxygens (including phenoxy) is 2. The lowest BCUT2D eigenvalue weighted by molar-refractivity contribution is 0.292. The number of nitrogens with two attached hydrogens (primary N) is 1. The number of nitrogens with zero attached hydrogens (tertiary/aromatic N) is 4. The maximum Gasteiger partial charge on any atom is 0.192 e. The fraction of sp³-hybridized carbons (Fsp3) is 0.154. The van der Waals surface area contributed by atoms with Crippen LogP contribution in [0.4, 0.5) is 5.82 Å². The Kier molecular flexibility index (Phi) is 3.52. The van der Waals surface area contributed by atoms with Crippen molar-refractivity contribution in [2.75, 3.05) is 12.5 Å². The molecule has 0 fully saturated rings. The predicted octanol–water partition coefficient (Wildman–Crippen LogP) is 0.997. The first kappa shape index (κ1) is 13.1. The van der Waals surface area contributed by atoms with Gasteiger partial charge in [-0.2, -0.15) is 4.52 Å². The highest BCUT2D eigenvalue weighted by Gasteiger charge is 2.08. The molecule has 0 saturated carbocycles. The summed E-state index contributed by atoms with van der Waals surface area (Å²) in [5.41, 5.74) is 3.11. The maximum absolute atomic E-state index is 5.66. The minimum atomic E-state index is 0.245. The van der Waals surface area contributed by atoms with Gasteiger partial charge in [0.05, 0.1) is 7.11 Å². The van der Waals surface area contributed by atoms with E-state index in [1.54, 1.807) is 23.8 Å². The zero-order valence-corrected chi connectivity index (χ0v) is 11.4. The van der Waals surface area contributed by atoms with Crippen LogP contribution >= 0.6 is 0 Å². The van der Waals surface area contributed by atoms with Crippen LogP contribution < -0.4 is 20.7 Å². The summed E-state index contributed by atoms with van der Waals surface area (Å²) in [6.45, 7) is 0.245. The first-order valence-electron chi connectivity index (χ1n) is 6.25. The second-order valence-electron chi connectivity index (χ2n) is 4.21. The second-order valence-corrected chi connectivity index (χ2v) is 4.21. The van der Waals surface area contributed by atoms with Crippen LogP contribution in [0, 0.1) is 0 Å². The van der Waals surface area contributed by atoms with E-state index in [2.05, 4.69) is 20.7 Å². The molecule has 1 aromatic carbocycles. The number of hydrazine groups is 1. The number of hydrogen-bond donors (Lipinski definition) is 2. The fourth-order valence-electron chi connectivity index (χ4n) is 1.82. The van der Waals surface area contributed by atoms with Gasteiger partial charge in [-0.25, -0.2) is 5.84 Å². The summed E-state index contributed by atoms with van der Waals surface area (Å²) >= 11 is 0. The summed E-state index contributed by atoms with van der Waals surface area (Å²) in [6, 6.07) is 10.8. The minimum Gasteiger partial charge on any atom is -0.497 e. The normalized spacial score (nSPS) is 10.6. The molecule has 0 amide bonds. The van der Waals surface area contributed by atoms with Crippen LogP contribution in [-0.2, 0) is 6.61 Å². The summed E-state index contributed by atoms with van der Waals surface area (Å²) in [6.07, 6.45) is 0. The Morgan fingerprint density at radius 2 is 1.86 bits per heavy atom. The van der Waals surface area contributed by atoms with E-state index in [1.807, 2.05) is 24.3 Å². The summed E-state index contributed by atoms with van der Waals surface area (Å²) in [7, 11) is 1.62. The van der Waals surface area contributed by atoms with Crippen LogP contribution in [0.5, 0.6) is 11.5 Å². The molecule has 8 nitrogen and oxygen atoms in total. The molecule has 0 aliphatic heterocycles. The van der Waals surface area contributed by atoms with Gasteiger partial charge in [0.1, 0.15) is 18.1 Å². The third-order valence-electron chi connectivity index (χ3n) is 2.90. The standard InChI is InChI=1S/C13H14N6O2/c1-20-9-2-4-10(5-3-9)21-8-13-17-16-12-7-6-11(15-14)18-19(12)13/h2-7H,8,14H2,1H3,(H,15,18). The molecule has 0 radical (unpaired) electrons. The van der Waals surface area contributed by atoms with E-state index < -0.39 is 0 Å². The molecule has 0 spiro atoms. The molecule has 0 aliphatic carbocycles. The van der Waals surface area contributed by atoms with Gasteiger partial charge < -0.3 is 14.9 Å². The van der Waals surface area contributed by atoms with E-state index >= 15 is 0 Å². The van der Waals surface area contributed by atoms with Gasteiger partial charge in [0, 0.05) is 0 Å². The smallest absolute Gasteiger partial charge is 0.192 e. The fourth-order valence-corrected chi connectivity index (χ4v) is 1.82. The number of nitrogens with one attached hydrogen (secondary N) is 1. The Balaban J connectivity index is 1.77. The second kappa shape index (κ2) is 5.63. The van der Waals surface area contributed by atoms with Crippen LogP contribution in [0.1, 0.15) is 5.82 Å². The molecule has 0 aliphatic rings. The number of fused-ring (bicyclic) bond motifs is 1. The molecule has 21 heavy (non-hydrogen) atoms. The van der Waals surface area contributed by atoms with Crippen molar-refractivity contribution < 1.29 is 9.47 Å². The maximum atomic E-state index is 5.66. The van der Waals surface area contributed by atoms with E-state index in [-0.39, 0.29) is 6.61 Å². The van der Waals surface area contributed by atoms with Gasteiger partial charge in [-0.3, -0.25) is 0 Å². The molecular formula is C13H14N6O2. The van der Waals surface area contributed by atoms with Crippen molar-refractivity contribution in [3.05, 3.63) is 42.2 Å². The van der Waals surface area contributed by atoms with E-state index in [4.69, 9.17) is 15.3 Å². The van der Waals surface area contributed by atoms with Gasteiger partial charge in [0.2, 0.25) is 0 Å². The van der Waals surface area contributed by atoms with Gasteiger partial charge in [-0.05, 0) is 36.4 Å². The largest absolute Gasteiger partial charge is 0.497 e. The number of hydrogen-bond acceptors (Lipinski definition) is 7. The average molecular weight is 286 g/mol. The lowest BCUT2D eigenvalue weighted by atomic mass is 10.3. The van der Waals surface area contributed by atoms with Crippen LogP contribution in [0.15, 0.2) is 36.4 Å². The Labute approximate surface area is 120 Å². The molecule has 3 N–H and O–H groups in total. The summed E-state index contributed by atoms with van der Waals surface area (Å²) < 4.78 is 12.3. The molecule has 108 valence electrons. The Morgan fingerprint density at radius 3 is 2.57 bits per heavy atom. The molecular weight excluding hydrogens is 272 g/mol. The van der Waals surface area contributed by atoms with E-state index in [9.17, 15) is 0 Å². The molecule has 8 heteroatoms. The van der Waals surface area contributed by atoms with Gasteiger partial charge in [0.25, 0.3) is 0 Å². The van der Waals surface area contributed by atoms with Gasteiger partial charge >= 0.3 is 0 Å². The molecule has 0 unspecified atom stereocenters. The number of methoxy groups -OCH3 is 1. The molecule has 3 aromatic rings. The van der Waals surface area contributed by atoms with Gasteiger partial charge in [0.15, 0.2) is 17.3 Å². The summed E-state index contributed by atoms with van der Waals surface area (Å²) in [5.74, 6) is 7.93. The Bertz CT molecular complexity index is 740. The topological polar surface area (TPSA) is 99.6 Å². The molecule has 2 aromatic heterocycles. The highest BCUT2D eigenvalue weighted by molar-refractivity contribution is 5.43. The third-order valence-corrected chi connectivity index (χ3v) is 2.90. The van der Waals surface area contributed by atoms with Crippen LogP contribution in [0.2, 0.25) is 0 Å². The number of nitrogen functional groups attached to an aromatic ring is 1. The molecule has 3 rings (SSSR count). The number of rotatable bonds is 5. The van der Waals surface area contributed by atoms with Crippen molar-refractivity contribution in [3.63, 3.8) is 0 Å². The summed E-state index contributed by atoms with van der Waals surface area (Å²) in [5, 5.41) is 12.3. The number of benzene rings is 1. The van der Waals surface area contributed by atoms with Gasteiger partial charge in [-0.15, -0.1) is 15.3 Å². The van der Waals surface area contributed by atoms with Crippen molar-refractivity contribution in [2.45, 2.75) is 6.61 Å². The average Bonchev–Trinajstić information content (AvgIpc) is 2.95. The first-order chi connectivity index (χ1) is 10.3. The van der Waals surface area contributed by atoms with Crippen molar-refractivity contribution >= 4 is 11.5 Å². The predicted molar refractivity (Wildman–Crippen MR) is 75.9 cm³/mol. The van der Waals surface area contributed by atoms with Crippen molar-refractivity contribution in [3.8, 4) is 11.5 Å². The van der Waals surface area contributed by atoms with Crippen LogP contribution in [0.25, 0.3) is 5.65 Å². The SMILES string of the molecule is COc1ccc(OCc2nnc3ccc(NN)nn23)cc1. The van der Waals surface area contributed by atoms with E-state index in [0.29, 0.717) is 23.0 Å². The van der Waals surface area contributed by atoms with Crippen LogP contribution in [-0.4, -0.2) is 26.9 Å². The summed E-state index contributed by atoms with van der Waals surface area (Å²) in [4.78, 5) is 0. The molecule has 0 atom stereocenters. The highest BCUT2D eigenvalue weighted by atomic mass is 16.5. The van der Waals surface area contributed by atoms with Gasteiger partial charge in [-0.1, -0.05) is 0 Å².